The molecule has 1 amide bonds. The lowest BCUT2D eigenvalue weighted by atomic mass is 10.2. The lowest BCUT2D eigenvalue weighted by Crippen LogP contribution is -2.21. The summed E-state index contributed by atoms with van der Waals surface area (Å²) in [5.41, 5.74) is -0.751. The Hall–Kier alpha value is -2.55. The molecule has 1 heterocycles. The van der Waals surface area contributed by atoms with Crippen LogP contribution in [0.25, 0.3) is 0 Å². The third kappa shape index (κ3) is 3.51. The molecule has 0 unspecified atom stereocenters. The van der Waals surface area contributed by atoms with Gasteiger partial charge in [0, 0.05) is 10.7 Å². The van der Waals surface area contributed by atoms with E-state index < -0.39 is 35.2 Å². The average Bonchev–Trinajstić information content (AvgIpc) is 2.81. The Morgan fingerprint density at radius 1 is 1.46 bits per heavy atom. The van der Waals surface area contributed by atoms with Crippen molar-refractivity contribution >= 4 is 28.9 Å². The van der Waals surface area contributed by atoms with Crippen LogP contribution in [0.2, 0.25) is 5.02 Å². The number of halogens is 3. The van der Waals surface area contributed by atoms with Crippen molar-refractivity contribution in [1.29, 1.82) is 0 Å². The summed E-state index contributed by atoms with van der Waals surface area (Å²) in [4.78, 5) is 22.1. The monoisotopic (exact) mass is 358 g/mol. The van der Waals surface area contributed by atoms with Gasteiger partial charge in [-0.1, -0.05) is 17.7 Å². The van der Waals surface area contributed by atoms with Gasteiger partial charge < -0.3 is 5.32 Å². The number of rotatable bonds is 5. The first-order chi connectivity index (χ1) is 11.2. The molecule has 10 heteroatoms. The zero-order chi connectivity index (χ0) is 18.0. The van der Waals surface area contributed by atoms with Gasteiger partial charge in [0.1, 0.15) is 12.2 Å². The molecule has 0 bridgehead atoms. The van der Waals surface area contributed by atoms with Crippen LogP contribution >= 0.6 is 11.6 Å². The zero-order valence-corrected chi connectivity index (χ0v) is 13.5. The molecule has 0 saturated heterocycles. The fourth-order valence-electron chi connectivity index (χ4n) is 2.16. The topological polar surface area (TPSA) is 90.1 Å². The molecular weight excluding hydrogens is 346 g/mol. The van der Waals surface area contributed by atoms with E-state index >= 15 is 0 Å². The third-order valence-electron chi connectivity index (χ3n) is 3.43. The van der Waals surface area contributed by atoms with Gasteiger partial charge in [0.25, 0.3) is 6.43 Å². The van der Waals surface area contributed by atoms with Crippen molar-refractivity contribution in [3.05, 3.63) is 50.3 Å². The molecular formula is C14H13ClF2N4O3. The summed E-state index contributed by atoms with van der Waals surface area (Å²) in [5.74, 6) is -0.568. The summed E-state index contributed by atoms with van der Waals surface area (Å²) < 4.78 is 26.6. The number of carbonyl (C=O) groups is 1. The van der Waals surface area contributed by atoms with E-state index in [4.69, 9.17) is 11.6 Å². The molecule has 0 fully saturated rings. The Bertz CT molecular complexity index is 808. The molecule has 0 aliphatic carbocycles. The summed E-state index contributed by atoms with van der Waals surface area (Å²) >= 11 is 5.95. The van der Waals surface area contributed by atoms with Crippen molar-refractivity contribution in [2.75, 3.05) is 5.32 Å². The van der Waals surface area contributed by atoms with Gasteiger partial charge in [-0.2, -0.15) is 5.10 Å². The van der Waals surface area contributed by atoms with Crippen molar-refractivity contribution in [3.8, 4) is 0 Å². The molecule has 1 aromatic heterocycles. The molecule has 0 atom stereocenters. The highest BCUT2D eigenvalue weighted by Gasteiger charge is 2.31. The molecule has 0 saturated carbocycles. The molecule has 2 aromatic rings. The molecule has 7 nitrogen and oxygen atoms in total. The minimum atomic E-state index is -3.11. The number of anilines is 1. The summed E-state index contributed by atoms with van der Waals surface area (Å²) in [5, 5.41) is 17.4. The summed E-state index contributed by atoms with van der Waals surface area (Å²) in [6, 6.07) is 4.93. The number of hydrogen-bond acceptors (Lipinski definition) is 4. The number of alkyl halides is 2. The van der Waals surface area contributed by atoms with Gasteiger partial charge in [0.05, 0.1) is 4.92 Å². The Balaban J connectivity index is 2.25. The van der Waals surface area contributed by atoms with Crippen LogP contribution in [0, 0.1) is 24.0 Å². The fourth-order valence-corrected chi connectivity index (χ4v) is 2.33. The van der Waals surface area contributed by atoms with E-state index in [1.54, 1.807) is 25.1 Å². The number of nitrogens with one attached hydrogen (secondary N) is 1. The smallest absolute Gasteiger partial charge is 0.319 e. The average molecular weight is 359 g/mol. The fraction of sp³-hybridized carbons (Fsp3) is 0.286. The Labute approximate surface area is 140 Å². The predicted molar refractivity (Wildman–Crippen MR) is 83.4 cm³/mol. The lowest BCUT2D eigenvalue weighted by molar-refractivity contribution is -0.386. The number of nitrogens with zero attached hydrogens (tertiary/aromatic N) is 3. The molecule has 2 rings (SSSR count). The predicted octanol–water partition coefficient (Wildman–Crippen LogP) is 3.64. The van der Waals surface area contributed by atoms with E-state index in [1.165, 1.54) is 6.92 Å². The highest BCUT2D eigenvalue weighted by Crippen LogP contribution is 2.30. The summed E-state index contributed by atoms with van der Waals surface area (Å²) in [7, 11) is 0. The first-order valence-electron chi connectivity index (χ1n) is 6.77. The van der Waals surface area contributed by atoms with Crippen LogP contribution in [0.5, 0.6) is 0 Å². The maximum Gasteiger partial charge on any atom is 0.319 e. The number of nitro groups is 1. The summed E-state index contributed by atoms with van der Waals surface area (Å²) in [6.07, 6.45) is -3.11. The van der Waals surface area contributed by atoms with Crippen LogP contribution in [-0.2, 0) is 11.3 Å². The second-order valence-corrected chi connectivity index (χ2v) is 5.40. The van der Waals surface area contributed by atoms with E-state index in [0.29, 0.717) is 16.3 Å². The van der Waals surface area contributed by atoms with E-state index in [1.807, 2.05) is 0 Å². The van der Waals surface area contributed by atoms with Crippen molar-refractivity contribution in [2.24, 2.45) is 0 Å². The molecule has 0 aliphatic heterocycles. The minimum Gasteiger partial charge on any atom is -0.324 e. The first kappa shape index (κ1) is 17.8. The highest BCUT2D eigenvalue weighted by atomic mass is 35.5. The largest absolute Gasteiger partial charge is 0.324 e. The molecule has 1 aromatic carbocycles. The van der Waals surface area contributed by atoms with Gasteiger partial charge in [0.2, 0.25) is 11.6 Å². The van der Waals surface area contributed by atoms with E-state index in [2.05, 4.69) is 10.4 Å². The molecule has 0 spiro atoms. The molecule has 24 heavy (non-hydrogen) atoms. The second kappa shape index (κ2) is 6.91. The maximum atomic E-state index is 12.9. The van der Waals surface area contributed by atoms with Crippen LogP contribution in [-0.4, -0.2) is 20.6 Å². The normalized spacial score (nSPS) is 10.9. The molecule has 128 valence electrons. The van der Waals surface area contributed by atoms with Crippen LogP contribution < -0.4 is 5.32 Å². The third-order valence-corrected chi connectivity index (χ3v) is 3.83. The second-order valence-electron chi connectivity index (χ2n) is 5.00. The zero-order valence-electron chi connectivity index (χ0n) is 12.7. The number of benzene rings is 1. The lowest BCUT2D eigenvalue weighted by Gasteiger charge is -2.10. The summed E-state index contributed by atoms with van der Waals surface area (Å²) in [6.45, 7) is 2.52. The SMILES string of the molecule is Cc1c(Cl)cccc1NC(=O)Cn1nc(C(F)F)c([N+](=O)[O-])c1C. The molecule has 0 aliphatic rings. The quantitative estimate of drug-likeness (QED) is 0.652. The van der Waals surface area contributed by atoms with Crippen molar-refractivity contribution in [2.45, 2.75) is 26.8 Å². The van der Waals surface area contributed by atoms with Gasteiger partial charge in [-0.05, 0) is 31.5 Å². The Kier molecular flexibility index (Phi) is 5.13. The van der Waals surface area contributed by atoms with E-state index in [0.717, 1.165) is 4.68 Å². The van der Waals surface area contributed by atoms with Crippen LogP contribution in [0.3, 0.4) is 0 Å². The van der Waals surface area contributed by atoms with Crippen molar-refractivity contribution < 1.29 is 18.5 Å². The molecule has 0 radical (unpaired) electrons. The van der Waals surface area contributed by atoms with Crippen molar-refractivity contribution in [3.63, 3.8) is 0 Å². The van der Waals surface area contributed by atoms with Gasteiger partial charge in [-0.3, -0.25) is 19.6 Å². The maximum absolute atomic E-state index is 12.9. The van der Waals surface area contributed by atoms with Gasteiger partial charge in [0.15, 0.2) is 0 Å². The van der Waals surface area contributed by atoms with Gasteiger partial charge in [-0.25, -0.2) is 8.78 Å². The van der Waals surface area contributed by atoms with E-state index in [9.17, 15) is 23.7 Å². The first-order valence-corrected chi connectivity index (χ1v) is 7.15. The standard InChI is InChI=1S/C14H13ClF2N4O3/c1-7-9(15)4-3-5-10(7)18-11(22)6-20-8(2)13(21(23)24)12(19-20)14(16)17/h3-5,14H,6H2,1-2H3,(H,18,22). The number of aromatic nitrogens is 2. The Morgan fingerprint density at radius 2 is 2.12 bits per heavy atom. The minimum absolute atomic E-state index is 0.117. The number of hydrogen-bond donors (Lipinski definition) is 1. The van der Waals surface area contributed by atoms with Gasteiger partial charge in [-0.15, -0.1) is 0 Å². The van der Waals surface area contributed by atoms with Crippen LogP contribution in [0.1, 0.15) is 23.4 Å². The van der Waals surface area contributed by atoms with E-state index in [-0.39, 0.29) is 5.69 Å². The number of carbonyl (C=O) groups excluding carboxylic acids is 1. The van der Waals surface area contributed by atoms with Crippen LogP contribution in [0.15, 0.2) is 18.2 Å². The Morgan fingerprint density at radius 3 is 2.67 bits per heavy atom. The van der Waals surface area contributed by atoms with Crippen molar-refractivity contribution in [1.82, 2.24) is 9.78 Å². The number of amides is 1. The van der Waals surface area contributed by atoms with Crippen LogP contribution in [0.4, 0.5) is 20.2 Å². The highest BCUT2D eigenvalue weighted by molar-refractivity contribution is 6.31. The van der Waals surface area contributed by atoms with Gasteiger partial charge >= 0.3 is 5.69 Å². The molecule has 1 N–H and O–H groups in total.